The van der Waals surface area contributed by atoms with Crippen molar-refractivity contribution in [2.75, 3.05) is 33.4 Å². The molecule has 1 fully saturated rings. The van der Waals surface area contributed by atoms with Gasteiger partial charge in [0.1, 0.15) is 12.6 Å². The standard InChI is InChI=1S/C24H26N2O6/c1-31-14-21(22(27)26-11-10-15(12-26)23(28)29)25-24(30)32-13-20-18-8-4-2-6-16(18)17-7-3-5-9-19(17)20/h2-9,15,20-21H,10-14H2,1H3,(H,25,30)(H,28,29). The Morgan fingerprint density at radius 2 is 1.72 bits per heavy atom. The van der Waals surface area contributed by atoms with Crippen LogP contribution in [0.4, 0.5) is 4.79 Å². The molecule has 168 valence electrons. The minimum atomic E-state index is -0.941. The molecule has 32 heavy (non-hydrogen) atoms. The van der Waals surface area contributed by atoms with Gasteiger partial charge in [0.05, 0.1) is 12.5 Å². The predicted molar refractivity (Wildman–Crippen MR) is 116 cm³/mol. The normalized spacial score (nSPS) is 18.0. The van der Waals surface area contributed by atoms with Gasteiger partial charge in [0.15, 0.2) is 0 Å². The molecule has 0 bridgehead atoms. The number of benzene rings is 2. The second-order valence-electron chi connectivity index (χ2n) is 8.09. The zero-order valence-electron chi connectivity index (χ0n) is 17.8. The third-order valence-electron chi connectivity index (χ3n) is 6.12. The number of nitrogens with one attached hydrogen (secondary N) is 1. The lowest BCUT2D eigenvalue weighted by Gasteiger charge is -2.24. The van der Waals surface area contributed by atoms with E-state index in [9.17, 15) is 14.4 Å². The maximum atomic E-state index is 12.8. The first kappa shape index (κ1) is 21.8. The molecular formula is C24H26N2O6. The Balaban J connectivity index is 1.39. The van der Waals surface area contributed by atoms with E-state index in [-0.39, 0.29) is 31.6 Å². The van der Waals surface area contributed by atoms with Gasteiger partial charge >= 0.3 is 12.1 Å². The first-order valence-electron chi connectivity index (χ1n) is 10.6. The minimum Gasteiger partial charge on any atom is -0.481 e. The number of hydrogen-bond donors (Lipinski definition) is 2. The van der Waals surface area contributed by atoms with E-state index >= 15 is 0 Å². The van der Waals surface area contributed by atoms with Gasteiger partial charge in [0, 0.05) is 26.1 Å². The first-order chi connectivity index (χ1) is 15.5. The molecule has 8 nitrogen and oxygen atoms in total. The highest BCUT2D eigenvalue weighted by molar-refractivity contribution is 5.87. The second kappa shape index (κ2) is 9.40. The Morgan fingerprint density at radius 1 is 1.09 bits per heavy atom. The van der Waals surface area contributed by atoms with Gasteiger partial charge in [0.2, 0.25) is 5.91 Å². The Kier molecular flexibility index (Phi) is 6.41. The molecule has 0 radical (unpaired) electrons. The van der Waals surface area contributed by atoms with Gasteiger partial charge in [-0.1, -0.05) is 48.5 Å². The van der Waals surface area contributed by atoms with Crippen LogP contribution >= 0.6 is 0 Å². The Labute approximate surface area is 186 Å². The average molecular weight is 438 g/mol. The van der Waals surface area contributed by atoms with Crippen molar-refractivity contribution in [2.24, 2.45) is 5.92 Å². The van der Waals surface area contributed by atoms with Crippen LogP contribution in [0, 0.1) is 5.92 Å². The van der Waals surface area contributed by atoms with Gasteiger partial charge in [-0.15, -0.1) is 0 Å². The van der Waals surface area contributed by atoms with E-state index < -0.39 is 24.0 Å². The van der Waals surface area contributed by atoms with Crippen molar-refractivity contribution in [3.05, 3.63) is 59.7 Å². The fourth-order valence-corrected chi connectivity index (χ4v) is 4.51. The summed E-state index contributed by atoms with van der Waals surface area (Å²) in [6, 6.07) is 15.1. The molecule has 4 rings (SSSR count). The maximum absolute atomic E-state index is 12.8. The molecule has 0 aromatic heterocycles. The van der Waals surface area contributed by atoms with Crippen molar-refractivity contribution in [1.82, 2.24) is 10.2 Å². The summed E-state index contributed by atoms with van der Waals surface area (Å²) >= 11 is 0. The quantitative estimate of drug-likeness (QED) is 0.688. The highest BCUT2D eigenvalue weighted by Gasteiger charge is 2.35. The number of carboxylic acids is 1. The van der Waals surface area contributed by atoms with Gasteiger partial charge in [-0.25, -0.2) is 4.79 Å². The Hall–Kier alpha value is -3.39. The number of fused-ring (bicyclic) bond motifs is 3. The number of ether oxygens (including phenoxy) is 2. The number of carbonyl (C=O) groups excluding carboxylic acids is 2. The number of carbonyl (C=O) groups is 3. The average Bonchev–Trinajstić information content (AvgIpc) is 3.41. The van der Waals surface area contributed by atoms with Crippen LogP contribution in [0.5, 0.6) is 0 Å². The molecule has 2 atom stereocenters. The van der Waals surface area contributed by atoms with Crippen molar-refractivity contribution < 1.29 is 29.0 Å². The van der Waals surface area contributed by atoms with Crippen LogP contribution in [-0.4, -0.2) is 67.4 Å². The van der Waals surface area contributed by atoms with Crippen molar-refractivity contribution in [3.63, 3.8) is 0 Å². The molecule has 2 aromatic rings. The number of amides is 2. The smallest absolute Gasteiger partial charge is 0.407 e. The third-order valence-corrected chi connectivity index (χ3v) is 6.12. The van der Waals surface area contributed by atoms with Crippen molar-refractivity contribution in [3.8, 4) is 11.1 Å². The monoisotopic (exact) mass is 438 g/mol. The number of nitrogens with zero attached hydrogens (tertiary/aromatic N) is 1. The molecular weight excluding hydrogens is 412 g/mol. The van der Waals surface area contributed by atoms with Gasteiger partial charge in [0.25, 0.3) is 0 Å². The van der Waals surface area contributed by atoms with E-state index in [1.165, 1.54) is 12.0 Å². The molecule has 8 heteroatoms. The molecule has 1 aliphatic heterocycles. The summed E-state index contributed by atoms with van der Waals surface area (Å²) in [6.45, 7) is 0.568. The molecule has 0 saturated carbocycles. The Morgan fingerprint density at radius 3 is 2.28 bits per heavy atom. The second-order valence-corrected chi connectivity index (χ2v) is 8.09. The summed E-state index contributed by atoms with van der Waals surface area (Å²) in [7, 11) is 1.43. The molecule has 2 aliphatic rings. The summed E-state index contributed by atoms with van der Waals surface area (Å²) in [6.07, 6.45) is -0.317. The van der Waals surface area contributed by atoms with Crippen molar-refractivity contribution in [1.29, 1.82) is 0 Å². The molecule has 2 N–H and O–H groups in total. The van der Waals surface area contributed by atoms with Crippen LogP contribution in [0.2, 0.25) is 0 Å². The van der Waals surface area contributed by atoms with E-state index in [1.807, 2.05) is 36.4 Å². The number of aliphatic carboxylic acids is 1. The number of hydrogen-bond acceptors (Lipinski definition) is 5. The highest BCUT2D eigenvalue weighted by Crippen LogP contribution is 2.44. The Bertz CT molecular complexity index is 978. The predicted octanol–water partition coefficient (Wildman–Crippen LogP) is 2.47. The van der Waals surface area contributed by atoms with Gasteiger partial charge < -0.3 is 24.8 Å². The van der Waals surface area contributed by atoms with E-state index in [0.29, 0.717) is 13.0 Å². The summed E-state index contributed by atoms with van der Waals surface area (Å²) in [5, 5.41) is 11.7. The first-order valence-corrected chi connectivity index (χ1v) is 10.6. The summed E-state index contributed by atoms with van der Waals surface area (Å²) < 4.78 is 10.6. The van der Waals surface area contributed by atoms with E-state index in [4.69, 9.17) is 14.6 Å². The van der Waals surface area contributed by atoms with Crippen LogP contribution in [0.25, 0.3) is 11.1 Å². The lowest BCUT2D eigenvalue weighted by atomic mass is 9.98. The lowest BCUT2D eigenvalue weighted by Crippen LogP contribution is -2.50. The molecule has 1 saturated heterocycles. The number of alkyl carbamates (subject to hydrolysis) is 1. The van der Waals surface area contributed by atoms with Crippen molar-refractivity contribution >= 4 is 18.0 Å². The zero-order chi connectivity index (χ0) is 22.7. The lowest BCUT2D eigenvalue weighted by molar-refractivity contribution is -0.141. The summed E-state index contributed by atoms with van der Waals surface area (Å²) in [5.41, 5.74) is 4.46. The molecule has 2 unspecified atom stereocenters. The van der Waals surface area contributed by atoms with Crippen LogP contribution in [-0.2, 0) is 19.1 Å². The zero-order valence-corrected chi connectivity index (χ0v) is 17.8. The largest absolute Gasteiger partial charge is 0.481 e. The van der Waals surface area contributed by atoms with Crippen LogP contribution < -0.4 is 5.32 Å². The SMILES string of the molecule is COCC(NC(=O)OCC1c2ccccc2-c2ccccc21)C(=O)N1CCC(C(=O)O)C1. The molecule has 1 heterocycles. The van der Waals surface area contributed by atoms with Crippen LogP contribution in [0.15, 0.2) is 48.5 Å². The highest BCUT2D eigenvalue weighted by atomic mass is 16.5. The third kappa shape index (κ3) is 4.31. The van der Waals surface area contributed by atoms with Gasteiger partial charge in [-0.2, -0.15) is 0 Å². The van der Waals surface area contributed by atoms with E-state index in [0.717, 1.165) is 22.3 Å². The molecule has 2 amide bonds. The number of likely N-dealkylation sites (tertiary alicyclic amines) is 1. The van der Waals surface area contributed by atoms with Crippen LogP contribution in [0.3, 0.4) is 0 Å². The van der Waals surface area contributed by atoms with Crippen LogP contribution in [0.1, 0.15) is 23.5 Å². The van der Waals surface area contributed by atoms with Gasteiger partial charge in [-0.3, -0.25) is 9.59 Å². The minimum absolute atomic E-state index is 0.0305. The molecule has 2 aromatic carbocycles. The van der Waals surface area contributed by atoms with Crippen molar-refractivity contribution in [2.45, 2.75) is 18.4 Å². The maximum Gasteiger partial charge on any atom is 0.407 e. The fourth-order valence-electron chi connectivity index (χ4n) is 4.51. The summed E-state index contributed by atoms with van der Waals surface area (Å²) in [5.74, 6) is -1.96. The van der Waals surface area contributed by atoms with Gasteiger partial charge in [-0.05, 0) is 28.7 Å². The number of rotatable bonds is 7. The molecule has 1 aliphatic carbocycles. The summed E-state index contributed by atoms with van der Waals surface area (Å²) in [4.78, 5) is 38.0. The number of methoxy groups -OCH3 is 1. The topological polar surface area (TPSA) is 105 Å². The van der Waals surface area contributed by atoms with E-state index in [1.54, 1.807) is 0 Å². The van der Waals surface area contributed by atoms with E-state index in [2.05, 4.69) is 17.4 Å². The fraction of sp³-hybridized carbons (Fsp3) is 0.375. The number of carboxylic acid groups (broad SMARTS) is 1. The molecule has 0 spiro atoms.